The van der Waals surface area contributed by atoms with Gasteiger partial charge in [0.25, 0.3) is 0 Å². The van der Waals surface area contributed by atoms with E-state index in [1.165, 1.54) is 30.2 Å². The molecule has 5 heteroatoms. The van der Waals surface area contributed by atoms with Crippen molar-refractivity contribution in [2.24, 2.45) is 0 Å². The van der Waals surface area contributed by atoms with Crippen LogP contribution in [0, 0.1) is 10.7 Å². The molecule has 0 aliphatic heterocycles. The lowest BCUT2D eigenvalue weighted by molar-refractivity contribution is 0.105. The van der Waals surface area contributed by atoms with Gasteiger partial charge in [0.05, 0.1) is 13.2 Å². The maximum Gasteiger partial charge on any atom is 0.133 e. The van der Waals surface area contributed by atoms with E-state index in [4.69, 9.17) is 14.2 Å². The molecule has 0 aliphatic rings. The van der Waals surface area contributed by atoms with Crippen LogP contribution in [0.4, 0.5) is 0 Å². The van der Waals surface area contributed by atoms with Gasteiger partial charge in [-0.15, -0.1) is 0 Å². The van der Waals surface area contributed by atoms with Gasteiger partial charge in [-0.25, -0.2) is 0 Å². The Labute approximate surface area is 94.7 Å². The van der Waals surface area contributed by atoms with E-state index in [-0.39, 0.29) is 0 Å². The van der Waals surface area contributed by atoms with Crippen molar-refractivity contribution in [3.8, 4) is 5.40 Å². The summed E-state index contributed by atoms with van der Waals surface area (Å²) in [5.41, 5.74) is 0. The lowest BCUT2D eigenvalue weighted by Gasteiger charge is -2.03. The highest BCUT2D eigenvalue weighted by atomic mass is 32.2. The van der Waals surface area contributed by atoms with Crippen molar-refractivity contribution >= 4 is 23.8 Å². The molecule has 0 bridgehead atoms. The van der Waals surface area contributed by atoms with Gasteiger partial charge < -0.3 is 8.92 Å². The first kappa shape index (κ1) is 14.1. The molecule has 0 heterocycles. The number of thiocyanates is 1. The number of unbranched alkanes of at least 4 members (excludes halogenated alkanes) is 1. The zero-order valence-corrected chi connectivity index (χ0v) is 10.2. The highest BCUT2D eigenvalue weighted by Gasteiger charge is 1.91. The summed E-state index contributed by atoms with van der Waals surface area (Å²) in [5, 5.41) is 10.2. The second-order valence-corrected chi connectivity index (χ2v) is 4.31. The summed E-state index contributed by atoms with van der Waals surface area (Å²) in [6.07, 6.45) is 2.28. The molecule has 0 saturated carbocycles. The lowest BCUT2D eigenvalue weighted by atomic mass is 10.4. The fourth-order valence-electron chi connectivity index (χ4n) is 0.681. The predicted octanol–water partition coefficient (Wildman–Crippen LogP) is 2.68. The zero-order chi connectivity index (χ0) is 10.5. The molecule has 0 aromatic heterocycles. The fourth-order valence-corrected chi connectivity index (χ4v) is 1.68. The molecule has 0 rings (SSSR count). The van der Waals surface area contributed by atoms with Crippen LogP contribution in [-0.4, -0.2) is 31.3 Å². The molecule has 0 spiro atoms. The van der Waals surface area contributed by atoms with E-state index in [9.17, 15) is 0 Å². The Morgan fingerprint density at radius 3 is 2.79 bits per heavy atom. The summed E-state index contributed by atoms with van der Waals surface area (Å²) in [5.74, 6) is 1.67. The minimum Gasteiger partial charge on any atom is -0.379 e. The van der Waals surface area contributed by atoms with Crippen molar-refractivity contribution in [2.75, 3.05) is 31.3 Å². The SMILES string of the molecule is CCCCOCCOSCCSC#N. The van der Waals surface area contributed by atoms with Crippen LogP contribution in [0.5, 0.6) is 0 Å². The second-order valence-electron chi connectivity index (χ2n) is 2.55. The van der Waals surface area contributed by atoms with E-state index in [1.54, 1.807) is 0 Å². The minimum atomic E-state index is 0.631. The van der Waals surface area contributed by atoms with Crippen molar-refractivity contribution in [1.29, 1.82) is 5.26 Å². The van der Waals surface area contributed by atoms with Crippen LogP contribution in [-0.2, 0) is 8.92 Å². The number of ether oxygens (including phenoxy) is 1. The molecule has 82 valence electrons. The third-order valence-electron chi connectivity index (χ3n) is 1.37. The van der Waals surface area contributed by atoms with Crippen LogP contribution < -0.4 is 0 Å². The van der Waals surface area contributed by atoms with E-state index in [0.29, 0.717) is 13.2 Å². The smallest absolute Gasteiger partial charge is 0.133 e. The van der Waals surface area contributed by atoms with E-state index in [2.05, 4.69) is 6.92 Å². The number of hydrogen-bond acceptors (Lipinski definition) is 5. The topological polar surface area (TPSA) is 42.2 Å². The summed E-state index contributed by atoms with van der Waals surface area (Å²) < 4.78 is 10.5. The molecule has 0 atom stereocenters. The predicted molar refractivity (Wildman–Crippen MR) is 62.2 cm³/mol. The Bertz CT molecular complexity index is 150. The molecule has 0 aromatic carbocycles. The molecule has 0 N–H and O–H groups in total. The van der Waals surface area contributed by atoms with Crippen molar-refractivity contribution in [1.82, 2.24) is 0 Å². The Balaban J connectivity index is 2.82. The van der Waals surface area contributed by atoms with Gasteiger partial charge in [0, 0.05) is 18.1 Å². The standard InChI is InChI=1S/C9H17NO2S2/c1-2-3-4-11-5-6-12-14-8-7-13-9-10/h2-8H2,1H3. The molecular formula is C9H17NO2S2. The zero-order valence-electron chi connectivity index (χ0n) is 8.53. The van der Waals surface area contributed by atoms with Crippen molar-refractivity contribution in [2.45, 2.75) is 19.8 Å². The Kier molecular flexibility index (Phi) is 13.2. The largest absolute Gasteiger partial charge is 0.379 e. The van der Waals surface area contributed by atoms with Crippen LogP contribution in [0.1, 0.15) is 19.8 Å². The van der Waals surface area contributed by atoms with Crippen LogP contribution >= 0.6 is 23.8 Å². The van der Waals surface area contributed by atoms with Gasteiger partial charge in [0.1, 0.15) is 5.40 Å². The first-order valence-corrected chi connectivity index (χ1v) is 6.64. The molecule has 0 radical (unpaired) electrons. The van der Waals surface area contributed by atoms with Gasteiger partial charge in [-0.1, -0.05) is 13.3 Å². The first-order valence-electron chi connectivity index (χ1n) is 4.74. The Morgan fingerprint density at radius 1 is 1.21 bits per heavy atom. The third-order valence-corrected chi connectivity index (χ3v) is 2.87. The summed E-state index contributed by atoms with van der Waals surface area (Å²) in [6, 6.07) is 0. The van der Waals surface area contributed by atoms with Gasteiger partial charge >= 0.3 is 0 Å². The van der Waals surface area contributed by atoms with Gasteiger partial charge in [0.2, 0.25) is 0 Å². The van der Waals surface area contributed by atoms with E-state index in [1.807, 2.05) is 5.40 Å². The maximum absolute atomic E-state index is 8.23. The van der Waals surface area contributed by atoms with Gasteiger partial charge in [-0.3, -0.25) is 0 Å². The third kappa shape index (κ3) is 12.1. The monoisotopic (exact) mass is 235 g/mol. The van der Waals surface area contributed by atoms with E-state index in [0.717, 1.165) is 24.5 Å². The lowest BCUT2D eigenvalue weighted by Crippen LogP contribution is -2.02. The summed E-state index contributed by atoms with van der Waals surface area (Å²) >= 11 is 2.66. The molecule has 3 nitrogen and oxygen atoms in total. The molecule has 0 aliphatic carbocycles. The molecule has 14 heavy (non-hydrogen) atoms. The Morgan fingerprint density at radius 2 is 2.07 bits per heavy atom. The summed E-state index contributed by atoms with van der Waals surface area (Å²) in [7, 11) is 0. The van der Waals surface area contributed by atoms with E-state index < -0.39 is 0 Å². The quantitative estimate of drug-likeness (QED) is 0.331. The number of thioether (sulfide) groups is 1. The minimum absolute atomic E-state index is 0.631. The molecule has 0 fully saturated rings. The molecule has 0 amide bonds. The van der Waals surface area contributed by atoms with Gasteiger partial charge in [-0.2, -0.15) is 5.26 Å². The number of hydrogen-bond donors (Lipinski definition) is 0. The average molecular weight is 235 g/mol. The van der Waals surface area contributed by atoms with Gasteiger partial charge in [-0.05, 0) is 30.2 Å². The van der Waals surface area contributed by atoms with Crippen LogP contribution in [0.2, 0.25) is 0 Å². The number of nitriles is 1. The first-order chi connectivity index (χ1) is 6.91. The van der Waals surface area contributed by atoms with E-state index >= 15 is 0 Å². The summed E-state index contributed by atoms with van der Waals surface area (Å²) in [6.45, 7) is 4.27. The fraction of sp³-hybridized carbons (Fsp3) is 0.889. The normalized spacial score (nSPS) is 10.0. The second kappa shape index (κ2) is 13.1. The molecule has 0 aromatic rings. The number of nitrogens with zero attached hydrogens (tertiary/aromatic N) is 1. The van der Waals surface area contributed by atoms with Crippen molar-refractivity contribution < 1.29 is 8.92 Å². The number of rotatable bonds is 10. The molecule has 0 unspecified atom stereocenters. The highest BCUT2D eigenvalue weighted by molar-refractivity contribution is 8.04. The molecule has 0 saturated heterocycles. The Hall–Kier alpha value is 0.110. The van der Waals surface area contributed by atoms with Gasteiger partial charge in [0.15, 0.2) is 0 Å². The van der Waals surface area contributed by atoms with Crippen molar-refractivity contribution in [3.05, 3.63) is 0 Å². The maximum atomic E-state index is 8.23. The van der Waals surface area contributed by atoms with Crippen molar-refractivity contribution in [3.63, 3.8) is 0 Å². The molecular weight excluding hydrogens is 218 g/mol. The van der Waals surface area contributed by atoms with Crippen LogP contribution in [0.25, 0.3) is 0 Å². The summed E-state index contributed by atoms with van der Waals surface area (Å²) in [4.78, 5) is 0. The highest BCUT2D eigenvalue weighted by Crippen LogP contribution is 2.06. The average Bonchev–Trinajstić information content (AvgIpc) is 2.21. The van der Waals surface area contributed by atoms with Crippen LogP contribution in [0.3, 0.4) is 0 Å². The van der Waals surface area contributed by atoms with Crippen LogP contribution in [0.15, 0.2) is 0 Å².